The highest BCUT2D eigenvalue weighted by Gasteiger charge is 2.15. The lowest BCUT2D eigenvalue weighted by molar-refractivity contribution is 0.181. The van der Waals surface area contributed by atoms with Gasteiger partial charge in [0.1, 0.15) is 5.75 Å². The molecule has 0 spiro atoms. The fraction of sp³-hybridized carbons (Fsp3) is 0.188. The quantitative estimate of drug-likeness (QED) is 0.761. The average Bonchev–Trinajstić information content (AvgIpc) is 2.40. The second-order valence-electron chi connectivity index (χ2n) is 4.60. The first-order chi connectivity index (χ1) is 9.15. The van der Waals surface area contributed by atoms with Gasteiger partial charge in [-0.3, -0.25) is 4.90 Å². The molecule has 19 heavy (non-hydrogen) atoms. The predicted molar refractivity (Wildman–Crippen MR) is 75.5 cm³/mol. The van der Waals surface area contributed by atoms with Crippen LogP contribution in [0.4, 0.5) is 4.79 Å². The van der Waals surface area contributed by atoms with Gasteiger partial charge in [0.2, 0.25) is 0 Å². The Balaban J connectivity index is 1.92. The maximum absolute atomic E-state index is 11.9. The zero-order valence-electron chi connectivity index (χ0n) is 11.0. The summed E-state index contributed by atoms with van der Waals surface area (Å²) in [4.78, 5) is 13.3. The Morgan fingerprint density at radius 1 is 1.26 bits per heavy atom. The third kappa shape index (κ3) is 3.85. The highest BCUT2D eigenvalue weighted by Crippen LogP contribution is 2.19. The molecule has 1 aliphatic rings. The molecule has 1 aliphatic heterocycles. The molecule has 98 valence electrons. The van der Waals surface area contributed by atoms with Crippen LogP contribution in [-0.2, 0) is 0 Å². The lowest BCUT2D eigenvalue weighted by atomic mass is 10.00. The van der Waals surface area contributed by atoms with Gasteiger partial charge in [-0.15, -0.1) is 6.58 Å². The minimum atomic E-state index is -0.410. The summed E-state index contributed by atoms with van der Waals surface area (Å²) >= 11 is 0. The molecular formula is C16H17NO2. The van der Waals surface area contributed by atoms with Gasteiger partial charge in [-0.25, -0.2) is 4.79 Å². The fourth-order valence-electron chi connectivity index (χ4n) is 1.82. The van der Waals surface area contributed by atoms with Crippen molar-refractivity contribution >= 4 is 6.09 Å². The topological polar surface area (TPSA) is 29.5 Å². The van der Waals surface area contributed by atoms with Crippen molar-refractivity contribution in [1.82, 2.24) is 4.90 Å². The number of nitrogens with zero attached hydrogens (tertiary/aromatic N) is 1. The molecular weight excluding hydrogens is 238 g/mol. The van der Waals surface area contributed by atoms with Crippen molar-refractivity contribution in [2.24, 2.45) is 5.92 Å². The molecule has 1 amide bonds. The zero-order valence-corrected chi connectivity index (χ0v) is 11.0. The van der Waals surface area contributed by atoms with Crippen molar-refractivity contribution < 1.29 is 9.53 Å². The van der Waals surface area contributed by atoms with Crippen LogP contribution in [0, 0.1) is 5.92 Å². The largest absolute Gasteiger partial charge is 0.423 e. The van der Waals surface area contributed by atoms with Crippen molar-refractivity contribution in [2.45, 2.75) is 13.3 Å². The number of carbonyl (C=O) groups is 1. The van der Waals surface area contributed by atoms with Gasteiger partial charge in [-0.1, -0.05) is 35.9 Å². The van der Waals surface area contributed by atoms with Crippen LogP contribution in [0.3, 0.4) is 0 Å². The number of carbonyl (C=O) groups excluding carboxylic acids is 1. The molecule has 1 aromatic carbocycles. The first kappa shape index (κ1) is 13.1. The molecule has 0 bridgehead atoms. The van der Waals surface area contributed by atoms with Gasteiger partial charge in [-0.05, 0) is 25.5 Å². The van der Waals surface area contributed by atoms with E-state index in [1.807, 2.05) is 37.3 Å². The number of allylic oxidation sites excluding steroid dienone is 3. The Hall–Kier alpha value is -2.29. The van der Waals surface area contributed by atoms with E-state index in [-0.39, 0.29) is 0 Å². The van der Waals surface area contributed by atoms with Crippen molar-refractivity contribution in [3.05, 3.63) is 67.0 Å². The summed E-state index contributed by atoms with van der Waals surface area (Å²) in [6.45, 7) is 5.88. The summed E-state index contributed by atoms with van der Waals surface area (Å²) in [6.07, 6.45) is 7.90. The van der Waals surface area contributed by atoms with Gasteiger partial charge in [-0.2, -0.15) is 0 Å². The summed E-state index contributed by atoms with van der Waals surface area (Å²) < 4.78 is 5.24. The Labute approximate surface area is 113 Å². The van der Waals surface area contributed by atoms with Crippen LogP contribution in [0.15, 0.2) is 67.0 Å². The predicted octanol–water partition coefficient (Wildman–Crippen LogP) is 4.11. The van der Waals surface area contributed by atoms with Crippen LogP contribution in [-0.4, -0.2) is 11.0 Å². The van der Waals surface area contributed by atoms with E-state index < -0.39 is 6.09 Å². The first-order valence-corrected chi connectivity index (χ1v) is 6.21. The summed E-state index contributed by atoms with van der Waals surface area (Å²) in [5, 5.41) is 0. The van der Waals surface area contributed by atoms with Gasteiger partial charge >= 0.3 is 6.09 Å². The molecule has 1 heterocycles. The van der Waals surface area contributed by atoms with Gasteiger partial charge in [0.05, 0.1) is 0 Å². The molecule has 1 aromatic rings. The van der Waals surface area contributed by atoms with Crippen LogP contribution in [0.1, 0.15) is 13.3 Å². The molecule has 2 rings (SSSR count). The third-order valence-electron chi connectivity index (χ3n) is 2.73. The number of para-hydroxylation sites is 1. The van der Waals surface area contributed by atoms with E-state index in [9.17, 15) is 4.79 Å². The monoisotopic (exact) mass is 255 g/mol. The summed E-state index contributed by atoms with van der Waals surface area (Å²) in [7, 11) is 0. The van der Waals surface area contributed by atoms with Crippen LogP contribution in [0.25, 0.3) is 0 Å². The number of hydrogen-bond acceptors (Lipinski definition) is 2. The van der Waals surface area contributed by atoms with E-state index >= 15 is 0 Å². The minimum absolute atomic E-state index is 0.304. The van der Waals surface area contributed by atoms with E-state index in [2.05, 4.69) is 6.58 Å². The maximum atomic E-state index is 11.9. The van der Waals surface area contributed by atoms with Crippen LogP contribution in [0.2, 0.25) is 0 Å². The molecule has 0 saturated carbocycles. The molecule has 0 N–H and O–H groups in total. The van der Waals surface area contributed by atoms with E-state index in [4.69, 9.17) is 4.74 Å². The number of benzene rings is 1. The average molecular weight is 255 g/mol. The van der Waals surface area contributed by atoms with Gasteiger partial charge in [0, 0.05) is 18.3 Å². The molecule has 0 unspecified atom stereocenters. The zero-order chi connectivity index (χ0) is 13.7. The number of amides is 1. The summed E-state index contributed by atoms with van der Waals surface area (Å²) in [5.41, 5.74) is 1.12. The smallest absolute Gasteiger partial charge is 0.410 e. The second kappa shape index (κ2) is 6.05. The fourth-order valence-corrected chi connectivity index (χ4v) is 1.82. The van der Waals surface area contributed by atoms with E-state index in [1.54, 1.807) is 24.5 Å². The molecule has 0 aliphatic carbocycles. The molecule has 3 heteroatoms. The molecule has 0 radical (unpaired) electrons. The van der Waals surface area contributed by atoms with E-state index in [0.29, 0.717) is 11.7 Å². The second-order valence-corrected chi connectivity index (χ2v) is 4.60. The Morgan fingerprint density at radius 2 is 1.89 bits per heavy atom. The lowest BCUT2D eigenvalue weighted by Gasteiger charge is -2.19. The maximum Gasteiger partial charge on any atom is 0.423 e. The van der Waals surface area contributed by atoms with E-state index in [1.165, 1.54) is 4.90 Å². The van der Waals surface area contributed by atoms with Crippen LogP contribution in [0.5, 0.6) is 5.75 Å². The van der Waals surface area contributed by atoms with Crippen LogP contribution < -0.4 is 4.74 Å². The summed E-state index contributed by atoms with van der Waals surface area (Å²) in [5.74, 6) is 0.844. The number of rotatable bonds is 3. The molecule has 0 fully saturated rings. The van der Waals surface area contributed by atoms with Gasteiger partial charge in [0.25, 0.3) is 0 Å². The van der Waals surface area contributed by atoms with E-state index in [0.717, 1.165) is 12.0 Å². The summed E-state index contributed by atoms with van der Waals surface area (Å²) in [6, 6.07) is 9.03. The van der Waals surface area contributed by atoms with Gasteiger partial charge in [0.15, 0.2) is 0 Å². The van der Waals surface area contributed by atoms with Crippen molar-refractivity contribution in [2.75, 3.05) is 0 Å². The Morgan fingerprint density at radius 3 is 2.47 bits per heavy atom. The van der Waals surface area contributed by atoms with Crippen molar-refractivity contribution in [3.8, 4) is 5.75 Å². The van der Waals surface area contributed by atoms with Gasteiger partial charge < -0.3 is 4.74 Å². The molecule has 3 nitrogen and oxygen atoms in total. The molecule has 0 aromatic heterocycles. The van der Waals surface area contributed by atoms with Crippen molar-refractivity contribution in [3.63, 3.8) is 0 Å². The molecule has 0 saturated heterocycles. The Bertz CT molecular complexity index is 503. The normalized spacial score (nSPS) is 14.5. The van der Waals surface area contributed by atoms with Crippen molar-refractivity contribution in [1.29, 1.82) is 0 Å². The third-order valence-corrected chi connectivity index (χ3v) is 2.73. The highest BCUT2D eigenvalue weighted by atomic mass is 16.6. The SMILES string of the molecule is C=C(C)CC1C=CN(C(=O)Oc2ccccc2)C=C1. The number of ether oxygens (including phenoxy) is 1. The standard InChI is InChI=1S/C16H17NO2/c1-13(2)12-14-8-10-17(11-9-14)16(18)19-15-6-4-3-5-7-15/h3-11,14H,1,12H2,2H3. The Kier molecular flexibility index (Phi) is 4.18. The lowest BCUT2D eigenvalue weighted by Crippen LogP contribution is -2.25. The number of hydrogen-bond donors (Lipinski definition) is 0. The van der Waals surface area contributed by atoms with Crippen LogP contribution >= 0.6 is 0 Å². The first-order valence-electron chi connectivity index (χ1n) is 6.21. The molecule has 0 atom stereocenters. The highest BCUT2D eigenvalue weighted by molar-refractivity contribution is 5.73. The minimum Gasteiger partial charge on any atom is -0.410 e.